The highest BCUT2D eigenvalue weighted by molar-refractivity contribution is 6.01. The number of carbonyl (C=O) groups excluding carboxylic acids is 5. The minimum atomic E-state index is -0.490. The third-order valence-electron chi connectivity index (χ3n) is 9.85. The maximum Gasteiger partial charge on any atom is 0.354 e. The third kappa shape index (κ3) is 7.78. The Labute approximate surface area is 303 Å². The summed E-state index contributed by atoms with van der Waals surface area (Å²) >= 11 is 0. The predicted molar refractivity (Wildman–Crippen MR) is 199 cm³/mol. The molecule has 0 unspecified atom stereocenters. The zero-order chi connectivity index (χ0) is 36.8. The Morgan fingerprint density at radius 2 is 1.52 bits per heavy atom. The molecule has 0 saturated heterocycles. The lowest BCUT2D eigenvalue weighted by atomic mass is 9.91. The van der Waals surface area contributed by atoms with Crippen molar-refractivity contribution in [3.05, 3.63) is 118 Å². The van der Waals surface area contributed by atoms with Gasteiger partial charge in [-0.15, -0.1) is 0 Å². The maximum absolute atomic E-state index is 12.8. The van der Waals surface area contributed by atoms with E-state index in [9.17, 15) is 24.0 Å². The van der Waals surface area contributed by atoms with Crippen molar-refractivity contribution in [2.45, 2.75) is 71.0 Å². The lowest BCUT2D eigenvalue weighted by molar-refractivity contribution is -0.118. The van der Waals surface area contributed by atoms with Crippen LogP contribution < -0.4 is 20.9 Å². The molecule has 0 spiro atoms. The normalized spacial score (nSPS) is 16.4. The number of ether oxygens (including phenoxy) is 1. The summed E-state index contributed by atoms with van der Waals surface area (Å²) < 4.78 is 6.80. The first-order valence-electron chi connectivity index (χ1n) is 17.9. The van der Waals surface area contributed by atoms with Crippen LogP contribution in [-0.2, 0) is 22.5 Å². The first-order chi connectivity index (χ1) is 25.2. The number of nitrogens with one attached hydrogen (secondary N) is 3. The second-order valence-electron chi connectivity index (χ2n) is 13.3. The lowest BCUT2D eigenvalue weighted by Crippen LogP contribution is -2.44. The molecule has 4 aromatic rings. The van der Waals surface area contributed by atoms with Crippen molar-refractivity contribution >= 4 is 40.8 Å². The average Bonchev–Trinajstić information content (AvgIpc) is 3.53. The van der Waals surface area contributed by atoms with Crippen LogP contribution in [0, 0.1) is 0 Å². The highest BCUT2D eigenvalue weighted by Crippen LogP contribution is 2.39. The van der Waals surface area contributed by atoms with Crippen LogP contribution in [0.5, 0.6) is 0 Å². The number of nitrogens with zero attached hydrogens (tertiary/aromatic N) is 2. The van der Waals surface area contributed by atoms with Gasteiger partial charge in [0.15, 0.2) is 5.78 Å². The van der Waals surface area contributed by atoms with E-state index in [0.717, 1.165) is 41.0 Å². The van der Waals surface area contributed by atoms with E-state index in [0.29, 0.717) is 67.7 Å². The zero-order valence-electron chi connectivity index (χ0n) is 29.9. The van der Waals surface area contributed by atoms with Crippen LogP contribution in [0.15, 0.2) is 78.9 Å². The summed E-state index contributed by atoms with van der Waals surface area (Å²) in [6.45, 7) is 5.12. The molecule has 3 aromatic carbocycles. The van der Waals surface area contributed by atoms with Crippen molar-refractivity contribution in [3.63, 3.8) is 0 Å². The van der Waals surface area contributed by atoms with Crippen LogP contribution in [0.2, 0.25) is 0 Å². The number of Topliss-reactive ketones (excluding diaryl/α,β-unsaturated/α-hetero) is 1. The Hall–Kier alpha value is -5.71. The fraction of sp³-hybridized carbons (Fsp3) is 0.341. The molecule has 0 bridgehead atoms. The van der Waals surface area contributed by atoms with Gasteiger partial charge in [0.25, 0.3) is 11.8 Å². The van der Waals surface area contributed by atoms with Gasteiger partial charge in [-0.2, -0.15) is 0 Å². The lowest BCUT2D eigenvalue weighted by Gasteiger charge is -2.40. The molecule has 0 saturated carbocycles. The molecule has 270 valence electrons. The van der Waals surface area contributed by atoms with Gasteiger partial charge in [0.2, 0.25) is 5.91 Å². The molecule has 0 radical (unpaired) electrons. The van der Waals surface area contributed by atoms with Crippen LogP contribution in [-0.4, -0.2) is 60.3 Å². The maximum atomic E-state index is 12.8. The Morgan fingerprint density at radius 3 is 2.17 bits per heavy atom. The van der Waals surface area contributed by atoms with Gasteiger partial charge in [-0.1, -0.05) is 37.3 Å². The van der Waals surface area contributed by atoms with Crippen molar-refractivity contribution in [3.8, 4) is 0 Å². The van der Waals surface area contributed by atoms with Gasteiger partial charge in [0.05, 0.1) is 13.2 Å². The smallest absolute Gasteiger partial charge is 0.354 e. The summed E-state index contributed by atoms with van der Waals surface area (Å²) in [5.74, 6) is -0.752. The summed E-state index contributed by atoms with van der Waals surface area (Å²) in [5, 5.41) is 9.41. The molecule has 2 aliphatic rings. The predicted octanol–water partition coefficient (Wildman–Crippen LogP) is 6.08. The number of amides is 3. The van der Waals surface area contributed by atoms with Crippen LogP contribution >= 0.6 is 0 Å². The molecule has 2 atom stereocenters. The molecule has 1 aliphatic heterocycles. The third-order valence-corrected chi connectivity index (χ3v) is 9.85. The van der Waals surface area contributed by atoms with E-state index in [1.165, 1.54) is 7.11 Å². The molecule has 52 heavy (non-hydrogen) atoms. The molecule has 3 amide bonds. The summed E-state index contributed by atoms with van der Waals surface area (Å²) in [5.41, 5.74) is 6.60. The SMILES string of the molecule is CCC(=O)N1c2ccccc2[C@H](Nc2ccc(C(=O)NCCCNC(=O)c3ccc(Cn4c(C(=O)OC)cc5c4CCCC5=O)cc3)cc2)C[C@@H]1C. The van der Waals surface area contributed by atoms with Gasteiger partial charge in [0.1, 0.15) is 5.69 Å². The first-order valence-corrected chi connectivity index (χ1v) is 17.9. The second-order valence-corrected chi connectivity index (χ2v) is 13.3. The quantitative estimate of drug-likeness (QED) is 0.120. The molecule has 6 rings (SSSR count). The largest absolute Gasteiger partial charge is 0.464 e. The Morgan fingerprint density at radius 1 is 0.865 bits per heavy atom. The van der Waals surface area contributed by atoms with E-state index in [4.69, 9.17) is 4.74 Å². The highest BCUT2D eigenvalue weighted by atomic mass is 16.5. The van der Waals surface area contributed by atoms with Crippen LogP contribution in [0.25, 0.3) is 0 Å². The van der Waals surface area contributed by atoms with Crippen LogP contribution in [0.1, 0.15) is 110 Å². The molecule has 11 heteroatoms. The molecule has 11 nitrogen and oxygen atoms in total. The van der Waals surface area contributed by atoms with Gasteiger partial charge in [0, 0.05) is 72.3 Å². The second kappa shape index (κ2) is 16.1. The van der Waals surface area contributed by atoms with Crippen molar-refractivity contribution in [2.24, 2.45) is 0 Å². The molecule has 0 fully saturated rings. The van der Waals surface area contributed by atoms with E-state index in [2.05, 4.69) is 28.9 Å². The number of ketones is 1. The van der Waals surface area contributed by atoms with Gasteiger partial charge < -0.3 is 30.2 Å². The van der Waals surface area contributed by atoms with Crippen molar-refractivity contribution in [2.75, 3.05) is 30.4 Å². The van der Waals surface area contributed by atoms with Gasteiger partial charge in [-0.05, 0) is 92.3 Å². The number of hydrogen-bond acceptors (Lipinski definition) is 7. The Kier molecular flexibility index (Phi) is 11.2. The standard InChI is InChI=1S/C41H45N5O6/c1-4-38(48)46-26(2)23-33(31-9-5-6-10-35(31)46)44-30-19-17-29(18-20-30)40(50)43-22-8-21-42-39(49)28-15-13-27(14-16-28)25-45-34-11-7-12-37(47)32(34)24-36(45)41(51)52-3/h5-6,9-10,13-20,24,26,33,44H,4,7-8,11-12,21-23,25H2,1-3H3,(H,42,49)(H,43,50)/t26-,33+/m0/s1. The number of hydrogen-bond donors (Lipinski definition) is 3. The number of methoxy groups -OCH3 is 1. The average molecular weight is 704 g/mol. The first kappa shape index (κ1) is 36.1. The molecule has 1 aromatic heterocycles. The summed E-state index contributed by atoms with van der Waals surface area (Å²) in [6.07, 6.45) is 3.70. The summed E-state index contributed by atoms with van der Waals surface area (Å²) in [4.78, 5) is 65.1. The number of aromatic nitrogens is 1. The van der Waals surface area contributed by atoms with E-state index >= 15 is 0 Å². The number of para-hydroxylation sites is 1. The summed E-state index contributed by atoms with van der Waals surface area (Å²) in [6, 6.07) is 24.2. The van der Waals surface area contributed by atoms with Crippen molar-refractivity contribution in [1.82, 2.24) is 15.2 Å². The molecule has 2 heterocycles. The minimum Gasteiger partial charge on any atom is -0.464 e. The van der Waals surface area contributed by atoms with E-state index in [1.807, 2.05) is 58.9 Å². The number of benzene rings is 3. The van der Waals surface area contributed by atoms with Gasteiger partial charge in [-0.3, -0.25) is 19.2 Å². The Bertz CT molecular complexity index is 1970. The topological polar surface area (TPSA) is 139 Å². The van der Waals surface area contributed by atoms with Crippen molar-refractivity contribution < 1.29 is 28.7 Å². The van der Waals surface area contributed by atoms with E-state index in [-0.39, 0.29) is 35.6 Å². The zero-order valence-corrected chi connectivity index (χ0v) is 29.9. The summed E-state index contributed by atoms with van der Waals surface area (Å²) in [7, 11) is 1.32. The number of esters is 1. The molecule has 3 N–H and O–H groups in total. The van der Waals surface area contributed by atoms with E-state index < -0.39 is 5.97 Å². The number of anilines is 2. The minimum absolute atomic E-state index is 0.0317. The number of rotatable bonds is 12. The van der Waals surface area contributed by atoms with Gasteiger partial charge >= 0.3 is 5.97 Å². The van der Waals surface area contributed by atoms with Gasteiger partial charge in [-0.25, -0.2) is 4.79 Å². The molecule has 1 aliphatic carbocycles. The van der Waals surface area contributed by atoms with E-state index in [1.54, 1.807) is 30.3 Å². The highest BCUT2D eigenvalue weighted by Gasteiger charge is 2.33. The molecular formula is C41H45N5O6. The Balaban J connectivity index is 0.958. The fourth-order valence-corrected chi connectivity index (χ4v) is 7.16. The monoisotopic (exact) mass is 703 g/mol. The number of carbonyl (C=O) groups is 5. The molecular weight excluding hydrogens is 658 g/mol. The van der Waals surface area contributed by atoms with Crippen LogP contribution in [0.4, 0.5) is 11.4 Å². The van der Waals surface area contributed by atoms with Crippen LogP contribution in [0.3, 0.4) is 0 Å². The van der Waals surface area contributed by atoms with Crippen molar-refractivity contribution in [1.29, 1.82) is 0 Å². The number of fused-ring (bicyclic) bond motifs is 2. The fourth-order valence-electron chi connectivity index (χ4n) is 7.16.